The van der Waals surface area contributed by atoms with Crippen LogP contribution in [0, 0.1) is 31.9 Å². The fourth-order valence-electron chi connectivity index (χ4n) is 1.40. The van der Waals surface area contributed by atoms with Gasteiger partial charge in [0.05, 0.1) is 14.3 Å². The molecule has 0 heterocycles. The summed E-state index contributed by atoms with van der Waals surface area (Å²) in [6.45, 7) is 0. The normalized spacial score (nSPS) is 9.70. The van der Waals surface area contributed by atoms with E-state index in [0.717, 1.165) is 30.3 Å². The van der Waals surface area contributed by atoms with Crippen LogP contribution in [-0.4, -0.2) is 9.85 Å². The maximum Gasteiger partial charge on any atom is 0.293 e. The molecule has 4 N–H and O–H groups in total. The average Bonchev–Trinajstić information content (AvgIpc) is 2.42. The smallest absolute Gasteiger partial charge is 0.293 e. The van der Waals surface area contributed by atoms with E-state index in [1.54, 1.807) is 0 Å². The van der Waals surface area contributed by atoms with Crippen LogP contribution >= 0.6 is 15.9 Å². The Hall–Kier alpha value is -2.82. The number of rotatable bonds is 2. The van der Waals surface area contributed by atoms with Gasteiger partial charge in [0.1, 0.15) is 23.0 Å². The summed E-state index contributed by atoms with van der Waals surface area (Å²) in [5.41, 5.74) is 9.42. The fourth-order valence-corrected chi connectivity index (χ4v) is 1.73. The van der Waals surface area contributed by atoms with E-state index in [0.29, 0.717) is 0 Å². The van der Waals surface area contributed by atoms with Gasteiger partial charge in [-0.2, -0.15) is 0 Å². The molecule has 2 aromatic rings. The molecule has 0 radical (unpaired) electrons. The first kappa shape index (κ1) is 18.2. The summed E-state index contributed by atoms with van der Waals surface area (Å²) in [5, 5.41) is 20.4. The van der Waals surface area contributed by atoms with Gasteiger partial charge >= 0.3 is 0 Å². The Kier molecular flexibility index (Phi) is 5.90. The molecule has 23 heavy (non-hydrogen) atoms. The number of nitro benzene ring substituents is 2. The third-order valence-corrected chi connectivity index (χ3v) is 3.06. The molecule has 0 aliphatic heterocycles. The first-order chi connectivity index (χ1) is 10.6. The lowest BCUT2D eigenvalue weighted by Crippen LogP contribution is -1.96. The highest BCUT2D eigenvalue weighted by molar-refractivity contribution is 9.10. The lowest BCUT2D eigenvalue weighted by atomic mass is 10.3. The predicted molar refractivity (Wildman–Crippen MR) is 82.6 cm³/mol. The van der Waals surface area contributed by atoms with Gasteiger partial charge in [0.2, 0.25) is 0 Å². The predicted octanol–water partition coefficient (Wildman–Crippen LogP) is 3.39. The van der Waals surface area contributed by atoms with E-state index in [9.17, 15) is 29.0 Å². The maximum atomic E-state index is 12.7. The molecule has 0 aliphatic carbocycles. The minimum absolute atomic E-state index is 0.0309. The number of anilines is 2. The molecule has 11 heteroatoms. The number of hydrogen-bond donors (Lipinski definition) is 2. The second kappa shape index (κ2) is 7.45. The fraction of sp³-hybridized carbons (Fsp3) is 0. The van der Waals surface area contributed by atoms with Gasteiger partial charge in [0.15, 0.2) is 0 Å². The van der Waals surface area contributed by atoms with Crippen molar-refractivity contribution < 1.29 is 18.6 Å². The summed E-state index contributed by atoms with van der Waals surface area (Å²) in [5.74, 6) is -1.19. The zero-order valence-electron chi connectivity index (χ0n) is 11.2. The molecule has 2 aromatic carbocycles. The SMILES string of the molecule is Nc1cc(F)c(Br)cc1[N+](=O)[O-].Nc1cc(F)ccc1[N+](=O)[O-]. The molecule has 8 nitrogen and oxygen atoms in total. The van der Waals surface area contributed by atoms with Crippen LogP contribution in [0.3, 0.4) is 0 Å². The van der Waals surface area contributed by atoms with E-state index in [-0.39, 0.29) is 27.2 Å². The molecule has 2 rings (SSSR count). The van der Waals surface area contributed by atoms with Crippen molar-refractivity contribution in [1.82, 2.24) is 0 Å². The summed E-state index contributed by atoms with van der Waals surface area (Å²) in [4.78, 5) is 19.1. The van der Waals surface area contributed by atoms with E-state index in [1.807, 2.05) is 0 Å². The summed E-state index contributed by atoms with van der Waals surface area (Å²) in [6.07, 6.45) is 0. The van der Waals surface area contributed by atoms with Gasteiger partial charge in [0.25, 0.3) is 11.4 Å². The Bertz CT molecular complexity index is 773. The van der Waals surface area contributed by atoms with Crippen LogP contribution in [0.4, 0.5) is 31.5 Å². The number of nitrogen functional groups attached to an aromatic ring is 2. The van der Waals surface area contributed by atoms with Gasteiger partial charge in [-0.1, -0.05) is 0 Å². The van der Waals surface area contributed by atoms with Crippen molar-refractivity contribution in [3.05, 3.63) is 66.7 Å². The molecule has 0 spiro atoms. The topological polar surface area (TPSA) is 138 Å². The van der Waals surface area contributed by atoms with Crippen LogP contribution in [-0.2, 0) is 0 Å². The van der Waals surface area contributed by atoms with Gasteiger partial charge in [-0.15, -0.1) is 0 Å². The zero-order valence-corrected chi connectivity index (χ0v) is 12.8. The molecular formula is C12H9BrF2N4O4. The minimum atomic E-state index is -0.667. The molecule has 122 valence electrons. The highest BCUT2D eigenvalue weighted by Crippen LogP contribution is 2.27. The number of benzene rings is 2. The summed E-state index contributed by atoms with van der Waals surface area (Å²) >= 11 is 2.81. The van der Waals surface area contributed by atoms with E-state index >= 15 is 0 Å². The first-order valence-electron chi connectivity index (χ1n) is 5.71. The van der Waals surface area contributed by atoms with E-state index in [1.165, 1.54) is 0 Å². The number of nitro groups is 2. The maximum absolute atomic E-state index is 12.7. The van der Waals surface area contributed by atoms with E-state index in [4.69, 9.17) is 11.5 Å². The molecular weight excluding hydrogens is 382 g/mol. The van der Waals surface area contributed by atoms with Gasteiger partial charge in [0, 0.05) is 24.3 Å². The van der Waals surface area contributed by atoms with Crippen molar-refractivity contribution in [1.29, 1.82) is 0 Å². The van der Waals surface area contributed by atoms with Crippen LogP contribution < -0.4 is 11.5 Å². The van der Waals surface area contributed by atoms with Crippen LogP contribution in [0.2, 0.25) is 0 Å². The van der Waals surface area contributed by atoms with Crippen LogP contribution in [0.25, 0.3) is 0 Å². The molecule has 0 unspecified atom stereocenters. The van der Waals surface area contributed by atoms with Crippen LogP contribution in [0.1, 0.15) is 0 Å². The second-order valence-electron chi connectivity index (χ2n) is 4.04. The standard InChI is InChI=1S/C6H4BrFN2O2.C6H5FN2O2/c7-3-1-6(10(11)12)5(9)2-4(3)8;7-4-1-2-6(9(10)11)5(8)3-4/h1-2H,9H2;1-3H,8H2. The Labute approximate surface area is 136 Å². The molecule has 0 atom stereocenters. The molecule has 0 bridgehead atoms. The molecule has 0 amide bonds. The van der Waals surface area contributed by atoms with Crippen molar-refractivity contribution in [3.63, 3.8) is 0 Å². The van der Waals surface area contributed by atoms with Crippen molar-refractivity contribution in [2.24, 2.45) is 0 Å². The average molecular weight is 391 g/mol. The van der Waals surface area contributed by atoms with E-state index < -0.39 is 21.5 Å². The molecule has 0 aromatic heterocycles. The van der Waals surface area contributed by atoms with Crippen molar-refractivity contribution in [3.8, 4) is 0 Å². The second-order valence-corrected chi connectivity index (χ2v) is 4.90. The third-order valence-electron chi connectivity index (χ3n) is 2.45. The highest BCUT2D eigenvalue weighted by Gasteiger charge is 2.14. The zero-order chi connectivity index (χ0) is 17.7. The van der Waals surface area contributed by atoms with Crippen molar-refractivity contribution >= 4 is 38.7 Å². The molecule has 0 saturated heterocycles. The molecule has 0 aliphatic rings. The van der Waals surface area contributed by atoms with Gasteiger partial charge < -0.3 is 11.5 Å². The van der Waals surface area contributed by atoms with Gasteiger partial charge in [-0.05, 0) is 22.0 Å². The summed E-state index contributed by atoms with van der Waals surface area (Å²) < 4.78 is 25.0. The lowest BCUT2D eigenvalue weighted by Gasteiger charge is -1.98. The Morgan fingerprint density at radius 1 is 0.913 bits per heavy atom. The Balaban J connectivity index is 0.000000231. The summed E-state index contributed by atoms with van der Waals surface area (Å²) in [7, 11) is 0. The van der Waals surface area contributed by atoms with Crippen LogP contribution in [0.15, 0.2) is 34.8 Å². The lowest BCUT2D eigenvalue weighted by molar-refractivity contribution is -0.384. The Morgan fingerprint density at radius 3 is 1.91 bits per heavy atom. The number of nitrogens with two attached hydrogens (primary N) is 2. The number of nitrogens with zero attached hydrogens (tertiary/aromatic N) is 2. The molecule has 0 saturated carbocycles. The molecule has 0 fully saturated rings. The van der Waals surface area contributed by atoms with Crippen molar-refractivity contribution in [2.75, 3.05) is 11.5 Å². The quantitative estimate of drug-likeness (QED) is 0.457. The monoisotopic (exact) mass is 390 g/mol. The van der Waals surface area contributed by atoms with Gasteiger partial charge in [-0.25, -0.2) is 8.78 Å². The van der Waals surface area contributed by atoms with Crippen LogP contribution in [0.5, 0.6) is 0 Å². The number of hydrogen-bond acceptors (Lipinski definition) is 6. The largest absolute Gasteiger partial charge is 0.393 e. The highest BCUT2D eigenvalue weighted by atomic mass is 79.9. The Morgan fingerprint density at radius 2 is 1.43 bits per heavy atom. The van der Waals surface area contributed by atoms with E-state index in [2.05, 4.69) is 15.9 Å². The minimum Gasteiger partial charge on any atom is -0.393 e. The third kappa shape index (κ3) is 4.85. The van der Waals surface area contributed by atoms with Gasteiger partial charge in [-0.3, -0.25) is 20.2 Å². The van der Waals surface area contributed by atoms with Crippen molar-refractivity contribution in [2.45, 2.75) is 0 Å². The summed E-state index contributed by atoms with van der Waals surface area (Å²) in [6, 6.07) is 4.88. The number of halogens is 3. The first-order valence-corrected chi connectivity index (χ1v) is 6.51.